The SMILES string of the molecule is C[Si]C1=C(C)Cc2ccc3c([Si]C)cccc3c21. The number of hydrogen-bond donors (Lipinski definition) is 0. The fourth-order valence-electron chi connectivity index (χ4n) is 2.99. The Hall–Kier alpha value is -1.13. The van der Waals surface area contributed by atoms with E-state index in [0.717, 1.165) is 25.5 Å². The highest BCUT2D eigenvalue weighted by atomic mass is 28.2. The van der Waals surface area contributed by atoms with E-state index in [2.05, 4.69) is 50.3 Å². The largest absolute Gasteiger partial charge is 0.0781 e. The summed E-state index contributed by atoms with van der Waals surface area (Å²) in [6, 6.07) is 11.5. The molecule has 1 aliphatic rings. The van der Waals surface area contributed by atoms with Gasteiger partial charge in [-0.1, -0.05) is 59.4 Å². The Kier molecular flexibility index (Phi) is 3.00. The normalized spacial score (nSPS) is 14.4. The zero-order valence-corrected chi connectivity index (χ0v) is 13.1. The maximum atomic E-state index is 2.35. The van der Waals surface area contributed by atoms with Crippen molar-refractivity contribution in [1.29, 1.82) is 0 Å². The summed E-state index contributed by atoms with van der Waals surface area (Å²) in [5.74, 6) is 0. The second-order valence-corrected chi connectivity index (χ2v) is 6.87. The third kappa shape index (κ3) is 1.63. The minimum Gasteiger partial charge on any atom is -0.0696 e. The average molecular weight is 264 g/mol. The molecule has 0 fully saturated rings. The maximum Gasteiger partial charge on any atom is 0.0781 e. The third-order valence-electron chi connectivity index (χ3n) is 3.80. The van der Waals surface area contributed by atoms with E-state index in [-0.39, 0.29) is 0 Å². The van der Waals surface area contributed by atoms with Crippen LogP contribution in [0.4, 0.5) is 0 Å². The Balaban J connectivity index is 2.37. The third-order valence-corrected chi connectivity index (χ3v) is 5.95. The van der Waals surface area contributed by atoms with Crippen molar-refractivity contribution in [3.63, 3.8) is 0 Å². The zero-order chi connectivity index (χ0) is 12.7. The number of rotatable bonds is 2. The molecule has 0 spiro atoms. The molecule has 2 aromatic rings. The van der Waals surface area contributed by atoms with Crippen molar-refractivity contribution in [2.24, 2.45) is 0 Å². The number of fused-ring (bicyclic) bond motifs is 3. The molecule has 0 aliphatic heterocycles. The molecule has 0 amide bonds. The van der Waals surface area contributed by atoms with Crippen molar-refractivity contribution in [1.82, 2.24) is 0 Å². The van der Waals surface area contributed by atoms with E-state index in [1.165, 1.54) is 21.5 Å². The molecular formula is C16H16Si2. The lowest BCUT2D eigenvalue weighted by molar-refractivity contribution is 1.20. The van der Waals surface area contributed by atoms with Crippen molar-refractivity contribution in [2.45, 2.75) is 26.4 Å². The quantitative estimate of drug-likeness (QED) is 0.731. The summed E-state index contributed by atoms with van der Waals surface area (Å²) in [6.07, 6.45) is 1.15. The van der Waals surface area contributed by atoms with Gasteiger partial charge in [0.05, 0.1) is 19.0 Å². The average Bonchev–Trinajstić information content (AvgIpc) is 2.73. The van der Waals surface area contributed by atoms with E-state index in [4.69, 9.17) is 0 Å². The fourth-order valence-corrected chi connectivity index (χ4v) is 4.80. The number of hydrogen-bond acceptors (Lipinski definition) is 0. The molecule has 0 saturated heterocycles. The molecule has 0 nitrogen and oxygen atoms in total. The van der Waals surface area contributed by atoms with Crippen LogP contribution >= 0.6 is 0 Å². The molecule has 0 unspecified atom stereocenters. The van der Waals surface area contributed by atoms with Crippen LogP contribution in [0.3, 0.4) is 0 Å². The summed E-state index contributed by atoms with van der Waals surface area (Å²) in [7, 11) is 1.77. The van der Waals surface area contributed by atoms with Gasteiger partial charge in [-0.2, -0.15) is 0 Å². The van der Waals surface area contributed by atoms with Crippen molar-refractivity contribution in [3.05, 3.63) is 47.0 Å². The van der Waals surface area contributed by atoms with E-state index in [0.29, 0.717) is 0 Å². The summed E-state index contributed by atoms with van der Waals surface area (Å²) in [5, 5.41) is 6.04. The second-order valence-electron chi connectivity index (χ2n) is 4.83. The van der Waals surface area contributed by atoms with Gasteiger partial charge in [-0.25, -0.2) is 0 Å². The van der Waals surface area contributed by atoms with E-state index < -0.39 is 0 Å². The highest BCUT2D eigenvalue weighted by Gasteiger charge is 2.20. The molecule has 2 heteroatoms. The molecule has 88 valence electrons. The van der Waals surface area contributed by atoms with Crippen LogP contribution in [0, 0.1) is 0 Å². The van der Waals surface area contributed by atoms with Gasteiger partial charge in [0.15, 0.2) is 0 Å². The fraction of sp³-hybridized carbons (Fsp3) is 0.250. The van der Waals surface area contributed by atoms with Gasteiger partial charge in [-0.05, 0) is 35.2 Å². The predicted molar refractivity (Wildman–Crippen MR) is 83.1 cm³/mol. The molecular weight excluding hydrogens is 248 g/mol. The summed E-state index contributed by atoms with van der Waals surface area (Å²) in [6.45, 7) is 6.87. The molecule has 1 aliphatic carbocycles. The minimum absolute atomic E-state index is 0.872. The molecule has 0 atom stereocenters. The first-order valence-corrected chi connectivity index (χ1v) is 9.36. The first-order chi connectivity index (χ1) is 8.76. The Morgan fingerprint density at radius 2 is 1.78 bits per heavy atom. The first-order valence-electron chi connectivity index (χ1n) is 6.36. The Morgan fingerprint density at radius 3 is 2.50 bits per heavy atom. The molecule has 0 aromatic heterocycles. The summed E-state index contributed by atoms with van der Waals surface area (Å²) >= 11 is 0. The van der Waals surface area contributed by atoms with Crippen LogP contribution in [0.1, 0.15) is 18.1 Å². The molecule has 0 saturated carbocycles. The van der Waals surface area contributed by atoms with E-state index in [1.54, 1.807) is 16.3 Å². The first kappa shape index (κ1) is 11.9. The molecule has 0 N–H and O–H groups in total. The molecule has 4 radical (unpaired) electrons. The standard InChI is InChI=1S/C16H16Si2/c1-10-9-11-7-8-12-13(15(11)16(10)18-3)5-4-6-14(12)17-2/h4-8H,9H2,1-3H3. The van der Waals surface area contributed by atoms with Gasteiger partial charge in [0.1, 0.15) is 0 Å². The highest BCUT2D eigenvalue weighted by molar-refractivity contribution is 6.61. The summed E-state index contributed by atoms with van der Waals surface area (Å²) in [5.41, 5.74) is 4.65. The van der Waals surface area contributed by atoms with Gasteiger partial charge in [0.25, 0.3) is 0 Å². The molecule has 3 rings (SSSR count). The van der Waals surface area contributed by atoms with Crippen molar-refractivity contribution >= 4 is 40.2 Å². The lowest BCUT2D eigenvalue weighted by Crippen LogP contribution is -2.11. The van der Waals surface area contributed by atoms with E-state index in [9.17, 15) is 0 Å². The van der Waals surface area contributed by atoms with Gasteiger partial charge in [0.2, 0.25) is 0 Å². The Labute approximate surface area is 114 Å². The molecule has 2 aromatic carbocycles. The van der Waals surface area contributed by atoms with Crippen LogP contribution in [0.15, 0.2) is 35.9 Å². The van der Waals surface area contributed by atoms with Gasteiger partial charge in [-0.3, -0.25) is 0 Å². The zero-order valence-electron chi connectivity index (χ0n) is 11.1. The van der Waals surface area contributed by atoms with E-state index >= 15 is 0 Å². The van der Waals surface area contributed by atoms with Gasteiger partial charge in [0, 0.05) is 0 Å². The predicted octanol–water partition coefficient (Wildman–Crippen LogP) is 3.26. The van der Waals surface area contributed by atoms with Crippen molar-refractivity contribution in [3.8, 4) is 0 Å². The molecule has 0 bridgehead atoms. The number of allylic oxidation sites excluding steroid dienone is 1. The van der Waals surface area contributed by atoms with Crippen molar-refractivity contribution < 1.29 is 0 Å². The molecule has 0 heterocycles. The Bertz CT molecular complexity index is 653. The van der Waals surface area contributed by atoms with Crippen LogP contribution in [0.25, 0.3) is 16.0 Å². The number of benzene rings is 2. The van der Waals surface area contributed by atoms with Crippen molar-refractivity contribution in [2.75, 3.05) is 0 Å². The lowest BCUT2D eigenvalue weighted by atomic mass is 10.0. The topological polar surface area (TPSA) is 0 Å². The van der Waals surface area contributed by atoms with Crippen LogP contribution in [0.5, 0.6) is 0 Å². The van der Waals surface area contributed by atoms with Gasteiger partial charge >= 0.3 is 0 Å². The Morgan fingerprint density at radius 1 is 0.944 bits per heavy atom. The highest BCUT2D eigenvalue weighted by Crippen LogP contribution is 2.36. The maximum absolute atomic E-state index is 2.35. The van der Waals surface area contributed by atoms with Crippen LogP contribution in [-0.2, 0) is 6.42 Å². The monoisotopic (exact) mass is 264 g/mol. The van der Waals surface area contributed by atoms with Crippen LogP contribution in [0.2, 0.25) is 13.1 Å². The van der Waals surface area contributed by atoms with Crippen LogP contribution < -0.4 is 5.19 Å². The van der Waals surface area contributed by atoms with Gasteiger partial charge < -0.3 is 0 Å². The minimum atomic E-state index is 0.872. The smallest absolute Gasteiger partial charge is 0.0696 e. The van der Waals surface area contributed by atoms with Crippen LogP contribution in [-0.4, -0.2) is 19.0 Å². The molecule has 18 heavy (non-hydrogen) atoms. The summed E-state index contributed by atoms with van der Waals surface area (Å²) in [4.78, 5) is 0. The second kappa shape index (κ2) is 4.52. The van der Waals surface area contributed by atoms with Gasteiger partial charge in [-0.15, -0.1) is 0 Å². The summed E-state index contributed by atoms with van der Waals surface area (Å²) < 4.78 is 0. The lowest BCUT2D eigenvalue weighted by Gasteiger charge is -2.11. The van der Waals surface area contributed by atoms with E-state index in [1.807, 2.05) is 0 Å².